The zero-order chi connectivity index (χ0) is 18.2. The molecule has 1 aromatic heterocycles. The van der Waals surface area contributed by atoms with Crippen molar-refractivity contribution in [3.8, 4) is 0 Å². The number of nitrogen functional groups attached to an aromatic ring is 4. The van der Waals surface area contributed by atoms with Crippen LogP contribution in [-0.4, -0.2) is 4.98 Å². The molecule has 25 heavy (non-hydrogen) atoms. The van der Waals surface area contributed by atoms with Gasteiger partial charge in [-0.1, -0.05) is 0 Å². The number of H-pyrrole nitrogens is 1. The van der Waals surface area contributed by atoms with Gasteiger partial charge in [0.2, 0.25) is 0 Å². The highest BCUT2D eigenvalue weighted by molar-refractivity contribution is 6.22. The molecule has 0 atom stereocenters. The van der Waals surface area contributed by atoms with E-state index in [0.717, 1.165) is 0 Å². The molecular weight excluding hydrogens is 326 g/mol. The Morgan fingerprint density at radius 1 is 0.560 bits per heavy atom. The van der Waals surface area contributed by atoms with Crippen LogP contribution in [-0.2, 0) is 0 Å². The highest BCUT2D eigenvalue weighted by atomic mass is 16.2. The predicted octanol–water partition coefficient (Wildman–Crippen LogP) is -0.880. The van der Waals surface area contributed by atoms with Gasteiger partial charge in [-0.2, -0.15) is 0 Å². The van der Waals surface area contributed by atoms with Crippen LogP contribution in [0.4, 0.5) is 22.7 Å². The Balaban J connectivity index is 2.57. The highest BCUT2D eigenvalue weighted by Crippen LogP contribution is 2.32. The molecular formula is C16H11N5O4. The molecule has 3 aromatic carbocycles. The Labute approximate surface area is 137 Å². The summed E-state index contributed by atoms with van der Waals surface area (Å²) in [7, 11) is 0. The van der Waals surface area contributed by atoms with Gasteiger partial charge in [-0.05, 0) is 12.1 Å². The fraction of sp³-hybridized carbons (Fsp3) is 0. The molecule has 0 aliphatic carbocycles. The minimum absolute atomic E-state index is 0.0483. The topological polar surface area (TPSA) is 188 Å². The van der Waals surface area contributed by atoms with E-state index in [-0.39, 0.29) is 55.1 Å². The van der Waals surface area contributed by atoms with E-state index in [0.29, 0.717) is 0 Å². The Kier molecular flexibility index (Phi) is 2.56. The van der Waals surface area contributed by atoms with Gasteiger partial charge in [-0.25, -0.2) is 0 Å². The second kappa shape index (κ2) is 4.35. The number of hydrogen-bond acceptors (Lipinski definition) is 8. The molecule has 0 spiro atoms. The Morgan fingerprint density at radius 2 is 0.920 bits per heavy atom. The van der Waals surface area contributed by atoms with E-state index in [2.05, 4.69) is 4.98 Å². The second-order valence-electron chi connectivity index (χ2n) is 5.76. The van der Waals surface area contributed by atoms with E-state index in [9.17, 15) is 19.2 Å². The van der Waals surface area contributed by atoms with E-state index in [4.69, 9.17) is 22.9 Å². The minimum Gasteiger partial charge on any atom is -0.398 e. The van der Waals surface area contributed by atoms with Crippen LogP contribution in [0, 0.1) is 0 Å². The van der Waals surface area contributed by atoms with E-state index in [1.807, 2.05) is 0 Å². The summed E-state index contributed by atoms with van der Waals surface area (Å²) in [6.07, 6.45) is 0. The standard InChI is InChI=1S/C16H11N5O4/c17-3-1-2-4(18)6-5(3)13(22)7-8(14(6)23)12(20)10-9(11(7)19)15(24)21-16(10)25/h1-2H,17-20H2,(H,21,24,25). The van der Waals surface area contributed by atoms with E-state index < -0.39 is 22.0 Å². The fourth-order valence-corrected chi connectivity index (χ4v) is 3.33. The summed E-state index contributed by atoms with van der Waals surface area (Å²) in [5, 5.41) is -1.09. The van der Waals surface area contributed by atoms with Crippen molar-refractivity contribution in [1.82, 2.24) is 4.98 Å². The highest BCUT2D eigenvalue weighted by Gasteiger charge is 2.24. The third-order valence-electron chi connectivity index (χ3n) is 4.44. The number of aromatic nitrogens is 1. The van der Waals surface area contributed by atoms with Crippen LogP contribution >= 0.6 is 0 Å². The number of anilines is 4. The zero-order valence-corrected chi connectivity index (χ0v) is 12.6. The van der Waals surface area contributed by atoms with Crippen molar-refractivity contribution in [2.75, 3.05) is 22.9 Å². The number of hydrogen-bond donors (Lipinski definition) is 5. The number of nitrogens with one attached hydrogen (secondary N) is 1. The van der Waals surface area contributed by atoms with Crippen molar-refractivity contribution >= 4 is 55.1 Å². The van der Waals surface area contributed by atoms with Gasteiger partial charge in [0.05, 0.1) is 43.7 Å². The molecule has 0 aliphatic heterocycles. The molecule has 0 aliphatic rings. The second-order valence-corrected chi connectivity index (χ2v) is 5.76. The molecule has 9 N–H and O–H groups in total. The normalized spacial score (nSPS) is 11.7. The van der Waals surface area contributed by atoms with Gasteiger partial charge >= 0.3 is 0 Å². The molecule has 9 nitrogen and oxygen atoms in total. The third-order valence-corrected chi connectivity index (χ3v) is 4.44. The average molecular weight is 337 g/mol. The molecule has 9 heteroatoms. The summed E-state index contributed by atoms with van der Waals surface area (Å²) in [5.41, 5.74) is 20.2. The molecule has 4 rings (SSSR count). The molecule has 0 radical (unpaired) electrons. The van der Waals surface area contributed by atoms with Crippen molar-refractivity contribution in [1.29, 1.82) is 0 Å². The van der Waals surface area contributed by atoms with Crippen LogP contribution < -0.4 is 44.9 Å². The lowest BCUT2D eigenvalue weighted by molar-refractivity contribution is 1.26. The first-order valence-corrected chi connectivity index (χ1v) is 7.13. The lowest BCUT2D eigenvalue weighted by Gasteiger charge is -2.10. The minimum atomic E-state index is -0.779. The molecule has 0 fully saturated rings. The van der Waals surface area contributed by atoms with E-state index in [1.54, 1.807) is 0 Å². The summed E-state index contributed by atoms with van der Waals surface area (Å²) in [4.78, 5) is 51.9. The predicted molar refractivity (Wildman–Crippen MR) is 98.4 cm³/mol. The van der Waals surface area contributed by atoms with Gasteiger partial charge in [-0.3, -0.25) is 24.2 Å². The van der Waals surface area contributed by atoms with E-state index in [1.165, 1.54) is 12.1 Å². The monoisotopic (exact) mass is 337 g/mol. The van der Waals surface area contributed by atoms with Crippen LogP contribution in [0.1, 0.15) is 0 Å². The molecule has 0 bridgehead atoms. The fourth-order valence-electron chi connectivity index (χ4n) is 3.33. The first-order chi connectivity index (χ1) is 11.8. The zero-order valence-electron chi connectivity index (χ0n) is 12.6. The van der Waals surface area contributed by atoms with Crippen molar-refractivity contribution < 1.29 is 0 Å². The Morgan fingerprint density at radius 3 is 1.28 bits per heavy atom. The van der Waals surface area contributed by atoms with Gasteiger partial charge < -0.3 is 22.9 Å². The van der Waals surface area contributed by atoms with Gasteiger partial charge in [0, 0.05) is 11.4 Å². The lowest BCUT2D eigenvalue weighted by atomic mass is 9.95. The number of benzene rings is 3. The molecule has 0 unspecified atom stereocenters. The molecule has 124 valence electrons. The largest absolute Gasteiger partial charge is 0.398 e. The number of fused-ring (bicyclic) bond motifs is 3. The van der Waals surface area contributed by atoms with Gasteiger partial charge in [0.15, 0.2) is 10.9 Å². The van der Waals surface area contributed by atoms with Crippen LogP contribution in [0.5, 0.6) is 0 Å². The molecule has 0 saturated heterocycles. The maximum absolute atomic E-state index is 12.9. The van der Waals surface area contributed by atoms with E-state index >= 15 is 0 Å². The van der Waals surface area contributed by atoms with Crippen molar-refractivity contribution in [3.63, 3.8) is 0 Å². The van der Waals surface area contributed by atoms with Crippen molar-refractivity contribution in [3.05, 3.63) is 53.3 Å². The quantitative estimate of drug-likeness (QED) is 0.155. The first-order valence-electron chi connectivity index (χ1n) is 7.13. The van der Waals surface area contributed by atoms with Crippen LogP contribution in [0.2, 0.25) is 0 Å². The summed E-state index contributed by atoms with van der Waals surface area (Å²) >= 11 is 0. The molecule has 4 aromatic rings. The van der Waals surface area contributed by atoms with Crippen LogP contribution in [0.3, 0.4) is 0 Å². The van der Waals surface area contributed by atoms with Crippen molar-refractivity contribution in [2.45, 2.75) is 0 Å². The average Bonchev–Trinajstić information content (AvgIpc) is 2.85. The number of nitrogens with two attached hydrogens (primary N) is 4. The summed E-state index contributed by atoms with van der Waals surface area (Å²) in [5.74, 6) is 0. The maximum atomic E-state index is 12.9. The number of rotatable bonds is 0. The maximum Gasteiger partial charge on any atom is 0.261 e. The van der Waals surface area contributed by atoms with Crippen LogP contribution in [0.15, 0.2) is 31.3 Å². The van der Waals surface area contributed by atoms with Gasteiger partial charge in [-0.15, -0.1) is 0 Å². The molecule has 0 amide bonds. The van der Waals surface area contributed by atoms with Gasteiger partial charge in [0.1, 0.15) is 0 Å². The molecule has 0 saturated carbocycles. The summed E-state index contributed by atoms with van der Waals surface area (Å²) in [6, 6.07) is 2.79. The summed E-state index contributed by atoms with van der Waals surface area (Å²) < 4.78 is 0. The first kappa shape index (κ1) is 14.7. The summed E-state index contributed by atoms with van der Waals surface area (Å²) in [6.45, 7) is 0. The Bertz CT molecular complexity index is 1350. The molecule has 1 heterocycles. The number of aromatic amines is 1. The lowest BCUT2D eigenvalue weighted by Crippen LogP contribution is -2.19. The third kappa shape index (κ3) is 1.56. The van der Waals surface area contributed by atoms with Crippen molar-refractivity contribution in [2.24, 2.45) is 0 Å². The smallest absolute Gasteiger partial charge is 0.261 e. The van der Waals surface area contributed by atoms with Crippen LogP contribution in [0.25, 0.3) is 32.3 Å². The Hall–Kier alpha value is -3.88. The SMILES string of the molecule is Nc1ccc(N)c2c(=O)c3c(N)c4c(=O)[nH]c(=O)c4c(N)c3c(=O)c12. The van der Waals surface area contributed by atoms with Gasteiger partial charge in [0.25, 0.3) is 11.1 Å².